The van der Waals surface area contributed by atoms with Crippen LogP contribution in [-0.2, 0) is 14.8 Å². The highest BCUT2D eigenvalue weighted by Gasteiger charge is 2.14. The van der Waals surface area contributed by atoms with Crippen LogP contribution < -0.4 is 0 Å². The molecule has 0 N–H and O–H groups in total. The highest BCUT2D eigenvalue weighted by atomic mass is 79.9. The molecule has 4 heteroatoms. The van der Waals surface area contributed by atoms with E-state index in [9.17, 15) is 0 Å². The van der Waals surface area contributed by atoms with Crippen molar-refractivity contribution in [2.45, 2.75) is 25.4 Å². The average Bonchev–Trinajstić information content (AvgIpc) is 2.03. The first-order chi connectivity index (χ1) is 4.93. The van der Waals surface area contributed by atoms with Crippen LogP contribution in [0, 0.1) is 0 Å². The predicted octanol–water partition coefficient (Wildman–Crippen LogP) is 1.81. The van der Waals surface area contributed by atoms with Crippen molar-refractivity contribution >= 4 is 15.9 Å². The molecule has 0 aromatic rings. The van der Waals surface area contributed by atoms with Crippen molar-refractivity contribution in [1.82, 2.24) is 0 Å². The van der Waals surface area contributed by atoms with Crippen LogP contribution in [0.25, 0.3) is 0 Å². The quantitative estimate of drug-likeness (QED) is 0.526. The summed E-state index contributed by atoms with van der Waals surface area (Å²) in [6.07, 6.45) is 3.32. The Labute approximate surface area is 68.6 Å². The maximum absolute atomic E-state index is 4.84. The molecular formula is C6H11BrO3. The minimum Gasteiger partial charge on any atom is -0.206 e. The van der Waals surface area contributed by atoms with E-state index in [1.165, 1.54) is 0 Å². The fraction of sp³-hybridized carbons (Fsp3) is 1.00. The van der Waals surface area contributed by atoms with E-state index in [2.05, 4.69) is 25.9 Å². The topological polar surface area (TPSA) is 27.7 Å². The van der Waals surface area contributed by atoms with Crippen molar-refractivity contribution in [3.8, 4) is 0 Å². The van der Waals surface area contributed by atoms with E-state index in [0.717, 1.165) is 24.6 Å². The van der Waals surface area contributed by atoms with Crippen molar-refractivity contribution in [2.75, 3.05) is 11.9 Å². The van der Waals surface area contributed by atoms with E-state index in [0.29, 0.717) is 6.61 Å². The molecule has 1 fully saturated rings. The second kappa shape index (κ2) is 5.07. The Bertz CT molecular complexity index is 83.1. The summed E-state index contributed by atoms with van der Waals surface area (Å²) >= 11 is 3.35. The van der Waals surface area contributed by atoms with Gasteiger partial charge in [0.1, 0.15) is 0 Å². The number of halogens is 1. The molecule has 60 valence electrons. The zero-order valence-corrected chi connectivity index (χ0v) is 7.30. The van der Waals surface area contributed by atoms with Crippen molar-refractivity contribution in [2.24, 2.45) is 0 Å². The standard InChI is InChI=1S/C6H11BrO3/c7-4-1-2-6-3-5-8-10-9-6/h6H,1-5H2. The molecule has 1 rings (SSSR count). The van der Waals surface area contributed by atoms with Crippen LogP contribution in [-0.4, -0.2) is 18.0 Å². The molecule has 3 nitrogen and oxygen atoms in total. The monoisotopic (exact) mass is 210 g/mol. The molecule has 0 bridgehead atoms. The minimum absolute atomic E-state index is 0.228. The molecule has 0 aliphatic carbocycles. The van der Waals surface area contributed by atoms with Gasteiger partial charge in [-0.1, -0.05) is 21.0 Å². The lowest BCUT2D eigenvalue weighted by Gasteiger charge is -2.18. The SMILES string of the molecule is BrCCCC1CCOOO1. The number of hydrogen-bond acceptors (Lipinski definition) is 3. The molecule has 0 saturated carbocycles. The van der Waals surface area contributed by atoms with Crippen LogP contribution in [0.3, 0.4) is 0 Å². The summed E-state index contributed by atoms with van der Waals surface area (Å²) < 4.78 is 0. The van der Waals surface area contributed by atoms with E-state index in [-0.39, 0.29) is 6.10 Å². The molecule has 10 heavy (non-hydrogen) atoms. The average molecular weight is 211 g/mol. The van der Waals surface area contributed by atoms with Gasteiger partial charge in [-0.3, -0.25) is 0 Å². The van der Waals surface area contributed by atoms with Crippen LogP contribution in [0.5, 0.6) is 0 Å². The summed E-state index contributed by atoms with van der Waals surface area (Å²) in [6, 6.07) is 0. The molecule has 1 heterocycles. The Kier molecular flexibility index (Phi) is 4.29. The summed E-state index contributed by atoms with van der Waals surface area (Å²) in [5, 5.41) is 5.39. The zero-order chi connectivity index (χ0) is 7.23. The smallest absolute Gasteiger partial charge is 0.0984 e. The maximum Gasteiger partial charge on any atom is 0.0984 e. The van der Waals surface area contributed by atoms with Gasteiger partial charge in [0.25, 0.3) is 0 Å². The Morgan fingerprint density at radius 3 is 3.00 bits per heavy atom. The first kappa shape index (κ1) is 8.46. The van der Waals surface area contributed by atoms with Gasteiger partial charge in [-0.2, -0.15) is 0 Å². The lowest BCUT2D eigenvalue weighted by molar-refractivity contribution is -0.549. The highest BCUT2D eigenvalue weighted by Crippen LogP contribution is 2.12. The van der Waals surface area contributed by atoms with E-state index < -0.39 is 0 Å². The van der Waals surface area contributed by atoms with Crippen LogP contribution in [0.15, 0.2) is 0 Å². The van der Waals surface area contributed by atoms with Gasteiger partial charge < -0.3 is 0 Å². The third-order valence-corrected chi connectivity index (χ3v) is 1.97. The summed E-state index contributed by atoms with van der Waals surface area (Å²) in [5.74, 6) is 0. The van der Waals surface area contributed by atoms with Gasteiger partial charge in [-0.15, -0.1) is 0 Å². The summed E-state index contributed by atoms with van der Waals surface area (Å²) in [6.45, 7) is 0.646. The van der Waals surface area contributed by atoms with Gasteiger partial charge >= 0.3 is 0 Å². The van der Waals surface area contributed by atoms with Gasteiger partial charge in [0.15, 0.2) is 0 Å². The minimum atomic E-state index is 0.228. The van der Waals surface area contributed by atoms with Crippen LogP contribution >= 0.6 is 15.9 Å². The Morgan fingerprint density at radius 1 is 1.50 bits per heavy atom. The molecule has 1 unspecified atom stereocenters. The molecule has 0 radical (unpaired) electrons. The number of hydrogen-bond donors (Lipinski definition) is 0. The Morgan fingerprint density at radius 2 is 2.40 bits per heavy atom. The molecule has 0 aromatic carbocycles. The van der Waals surface area contributed by atoms with Gasteiger partial charge in [-0.25, -0.2) is 9.78 Å². The second-order valence-corrected chi connectivity index (χ2v) is 3.02. The summed E-state index contributed by atoms with van der Waals surface area (Å²) in [5.41, 5.74) is 0. The largest absolute Gasteiger partial charge is 0.206 e. The molecule has 0 amide bonds. The fourth-order valence-corrected chi connectivity index (χ4v) is 1.17. The lowest BCUT2D eigenvalue weighted by atomic mass is 10.1. The molecule has 0 spiro atoms. The van der Waals surface area contributed by atoms with E-state index in [1.54, 1.807) is 0 Å². The molecule has 1 aliphatic heterocycles. The van der Waals surface area contributed by atoms with E-state index in [4.69, 9.17) is 4.89 Å². The third kappa shape index (κ3) is 2.96. The lowest BCUT2D eigenvalue weighted by Crippen LogP contribution is -2.21. The maximum atomic E-state index is 4.84. The van der Waals surface area contributed by atoms with Crippen LogP contribution in [0.2, 0.25) is 0 Å². The van der Waals surface area contributed by atoms with E-state index in [1.807, 2.05) is 0 Å². The van der Waals surface area contributed by atoms with Crippen molar-refractivity contribution in [1.29, 1.82) is 0 Å². The van der Waals surface area contributed by atoms with Gasteiger partial charge in [0.2, 0.25) is 0 Å². The third-order valence-electron chi connectivity index (χ3n) is 1.41. The summed E-state index contributed by atoms with van der Waals surface area (Å²) in [7, 11) is 0. The Balaban J connectivity index is 2.02. The second-order valence-electron chi connectivity index (χ2n) is 2.23. The van der Waals surface area contributed by atoms with Gasteiger partial charge in [-0.05, 0) is 12.8 Å². The van der Waals surface area contributed by atoms with Gasteiger partial charge in [0, 0.05) is 11.8 Å². The zero-order valence-electron chi connectivity index (χ0n) is 5.72. The molecule has 1 aliphatic rings. The van der Waals surface area contributed by atoms with Crippen molar-refractivity contribution in [3.05, 3.63) is 0 Å². The normalized spacial score (nSPS) is 26.7. The molecule has 0 aromatic heterocycles. The van der Waals surface area contributed by atoms with Crippen molar-refractivity contribution < 1.29 is 14.8 Å². The van der Waals surface area contributed by atoms with Crippen LogP contribution in [0.4, 0.5) is 0 Å². The van der Waals surface area contributed by atoms with Crippen molar-refractivity contribution in [3.63, 3.8) is 0 Å². The molecule has 1 atom stereocenters. The first-order valence-electron chi connectivity index (χ1n) is 3.44. The molecular weight excluding hydrogens is 200 g/mol. The molecule has 1 saturated heterocycles. The number of alkyl halides is 1. The predicted molar refractivity (Wildman–Crippen MR) is 39.6 cm³/mol. The van der Waals surface area contributed by atoms with Crippen LogP contribution in [0.1, 0.15) is 19.3 Å². The first-order valence-corrected chi connectivity index (χ1v) is 4.56. The van der Waals surface area contributed by atoms with E-state index >= 15 is 0 Å². The fourth-order valence-electron chi connectivity index (χ4n) is 0.842. The highest BCUT2D eigenvalue weighted by molar-refractivity contribution is 9.09. The van der Waals surface area contributed by atoms with Gasteiger partial charge in [0.05, 0.1) is 12.7 Å². The number of rotatable bonds is 3. The Hall–Kier alpha value is 0.360. The summed E-state index contributed by atoms with van der Waals surface area (Å²) in [4.78, 5) is 9.38.